The van der Waals surface area contributed by atoms with Gasteiger partial charge in [0, 0.05) is 18.7 Å². The van der Waals surface area contributed by atoms with E-state index in [1.807, 2.05) is 0 Å². The molecular weight excluding hydrogens is 210 g/mol. The summed E-state index contributed by atoms with van der Waals surface area (Å²) in [4.78, 5) is 6.81. The number of nitrogens with zero attached hydrogens (tertiary/aromatic N) is 1. The lowest BCUT2D eigenvalue weighted by Crippen LogP contribution is -2.33. The summed E-state index contributed by atoms with van der Waals surface area (Å²) in [7, 11) is 0. The highest BCUT2D eigenvalue weighted by Gasteiger charge is 2.13. The van der Waals surface area contributed by atoms with E-state index in [0.29, 0.717) is 10.7 Å². The van der Waals surface area contributed by atoms with Crippen molar-refractivity contribution in [3.63, 3.8) is 0 Å². The Hall–Kier alpha value is -0.940. The van der Waals surface area contributed by atoms with E-state index >= 15 is 0 Å². The number of hydrogen-bond donors (Lipinski definition) is 2. The van der Waals surface area contributed by atoms with Crippen LogP contribution >= 0.6 is 12.2 Å². The van der Waals surface area contributed by atoms with Crippen LogP contribution in [0.3, 0.4) is 0 Å². The number of ether oxygens (including phenoxy) is 1. The predicted molar refractivity (Wildman–Crippen MR) is 60.5 cm³/mol. The van der Waals surface area contributed by atoms with Crippen molar-refractivity contribution in [1.82, 2.24) is 15.3 Å². The largest absolute Gasteiger partial charge is 0.490 e. The number of aromatic amines is 1. The van der Waals surface area contributed by atoms with Crippen LogP contribution in [0, 0.1) is 10.7 Å². The molecule has 1 aromatic rings. The van der Waals surface area contributed by atoms with Crippen molar-refractivity contribution in [2.45, 2.75) is 12.8 Å². The van der Waals surface area contributed by atoms with Gasteiger partial charge in [0.2, 0.25) is 0 Å². The van der Waals surface area contributed by atoms with E-state index in [0.717, 1.165) is 25.4 Å². The van der Waals surface area contributed by atoms with Gasteiger partial charge in [-0.25, -0.2) is 4.98 Å². The molecule has 0 saturated carbocycles. The Balaban J connectivity index is 1.81. The van der Waals surface area contributed by atoms with Crippen molar-refractivity contribution in [1.29, 1.82) is 0 Å². The summed E-state index contributed by atoms with van der Waals surface area (Å²) in [6.45, 7) is 2.94. The molecule has 4 nitrogen and oxygen atoms in total. The Morgan fingerprint density at radius 3 is 3.20 bits per heavy atom. The molecule has 82 valence electrons. The van der Waals surface area contributed by atoms with Gasteiger partial charge in [0.25, 0.3) is 0 Å². The van der Waals surface area contributed by atoms with Gasteiger partial charge in [-0.3, -0.25) is 0 Å². The zero-order valence-corrected chi connectivity index (χ0v) is 9.35. The fourth-order valence-corrected chi connectivity index (χ4v) is 1.80. The summed E-state index contributed by atoms with van der Waals surface area (Å²) < 4.78 is 6.11. The fourth-order valence-electron chi connectivity index (χ4n) is 1.69. The molecule has 1 atom stereocenters. The SMILES string of the molecule is S=c1ncc(OCC2CCCNC2)c[nH]1. The van der Waals surface area contributed by atoms with Crippen LogP contribution in [-0.2, 0) is 0 Å². The summed E-state index contributed by atoms with van der Waals surface area (Å²) in [5.41, 5.74) is 0. The van der Waals surface area contributed by atoms with E-state index in [1.165, 1.54) is 12.8 Å². The molecule has 15 heavy (non-hydrogen) atoms. The summed E-state index contributed by atoms with van der Waals surface area (Å²) in [6.07, 6.45) is 5.90. The predicted octanol–water partition coefficient (Wildman–Crippen LogP) is 1.52. The molecular formula is C10H15N3OS. The Bertz CT molecular complexity index is 339. The average Bonchev–Trinajstić information content (AvgIpc) is 2.30. The molecule has 0 amide bonds. The van der Waals surface area contributed by atoms with E-state index in [4.69, 9.17) is 17.0 Å². The zero-order valence-electron chi connectivity index (χ0n) is 8.53. The van der Waals surface area contributed by atoms with Gasteiger partial charge in [-0.1, -0.05) is 0 Å². The number of aromatic nitrogens is 2. The van der Waals surface area contributed by atoms with Crippen LogP contribution in [0.1, 0.15) is 12.8 Å². The highest BCUT2D eigenvalue weighted by Crippen LogP contribution is 2.12. The summed E-state index contributed by atoms with van der Waals surface area (Å²) in [5, 5.41) is 3.36. The number of nitrogens with one attached hydrogen (secondary N) is 2. The van der Waals surface area contributed by atoms with E-state index in [-0.39, 0.29) is 0 Å². The topological polar surface area (TPSA) is 49.9 Å². The van der Waals surface area contributed by atoms with Gasteiger partial charge in [0.05, 0.1) is 12.8 Å². The smallest absolute Gasteiger partial charge is 0.196 e. The maximum atomic E-state index is 5.62. The first-order valence-corrected chi connectivity index (χ1v) is 5.63. The van der Waals surface area contributed by atoms with E-state index < -0.39 is 0 Å². The highest BCUT2D eigenvalue weighted by atomic mass is 32.1. The van der Waals surface area contributed by atoms with Crippen molar-refractivity contribution < 1.29 is 4.74 Å². The van der Waals surface area contributed by atoms with Crippen LogP contribution in [0.5, 0.6) is 5.75 Å². The molecule has 1 aliphatic rings. The molecule has 0 aliphatic carbocycles. The standard InChI is InChI=1S/C10H15N3OS/c15-10-12-5-9(6-13-10)14-7-8-2-1-3-11-4-8/h5-6,8,11H,1-4,7H2,(H,12,13,15). The molecule has 0 aromatic carbocycles. The lowest BCUT2D eigenvalue weighted by atomic mass is 10.0. The Labute approximate surface area is 94.1 Å². The highest BCUT2D eigenvalue weighted by molar-refractivity contribution is 7.71. The average molecular weight is 225 g/mol. The van der Waals surface area contributed by atoms with Gasteiger partial charge >= 0.3 is 0 Å². The summed E-state index contributed by atoms with van der Waals surface area (Å²) in [5.74, 6) is 1.37. The van der Waals surface area contributed by atoms with Crippen molar-refractivity contribution in [2.24, 2.45) is 5.92 Å². The van der Waals surface area contributed by atoms with E-state index in [1.54, 1.807) is 12.4 Å². The molecule has 0 radical (unpaired) electrons. The third-order valence-electron chi connectivity index (χ3n) is 2.53. The second kappa shape index (κ2) is 5.23. The molecule has 1 fully saturated rings. The van der Waals surface area contributed by atoms with Crippen molar-refractivity contribution in [2.75, 3.05) is 19.7 Å². The first-order chi connectivity index (χ1) is 7.34. The Morgan fingerprint density at radius 1 is 1.60 bits per heavy atom. The number of hydrogen-bond acceptors (Lipinski definition) is 4. The number of piperidine rings is 1. The zero-order chi connectivity index (χ0) is 10.5. The van der Waals surface area contributed by atoms with Gasteiger partial charge in [0.15, 0.2) is 10.5 Å². The molecule has 2 heterocycles. The number of H-pyrrole nitrogens is 1. The second-order valence-electron chi connectivity index (χ2n) is 3.78. The minimum atomic E-state index is 0.488. The monoisotopic (exact) mass is 225 g/mol. The first-order valence-electron chi connectivity index (χ1n) is 5.23. The van der Waals surface area contributed by atoms with Gasteiger partial charge in [-0.05, 0) is 31.6 Å². The molecule has 1 aromatic heterocycles. The van der Waals surface area contributed by atoms with E-state index in [9.17, 15) is 0 Å². The summed E-state index contributed by atoms with van der Waals surface area (Å²) >= 11 is 4.85. The van der Waals surface area contributed by atoms with Gasteiger partial charge in [-0.2, -0.15) is 0 Å². The molecule has 0 spiro atoms. The molecule has 1 aliphatic heterocycles. The minimum Gasteiger partial charge on any atom is -0.490 e. The normalized spacial score (nSPS) is 21.2. The van der Waals surface area contributed by atoms with Crippen LogP contribution in [0.4, 0.5) is 0 Å². The van der Waals surface area contributed by atoms with Crippen LogP contribution in [0.25, 0.3) is 0 Å². The van der Waals surface area contributed by atoms with Crippen LogP contribution in [-0.4, -0.2) is 29.7 Å². The molecule has 2 N–H and O–H groups in total. The third kappa shape index (κ3) is 3.28. The van der Waals surface area contributed by atoms with Gasteiger partial charge < -0.3 is 15.0 Å². The molecule has 0 bridgehead atoms. The Kier molecular flexibility index (Phi) is 3.69. The molecule has 2 rings (SSSR count). The Morgan fingerprint density at radius 2 is 2.53 bits per heavy atom. The maximum Gasteiger partial charge on any atom is 0.196 e. The minimum absolute atomic E-state index is 0.488. The second-order valence-corrected chi connectivity index (χ2v) is 4.16. The van der Waals surface area contributed by atoms with Crippen molar-refractivity contribution >= 4 is 12.2 Å². The van der Waals surface area contributed by atoms with Crippen LogP contribution in [0.2, 0.25) is 0 Å². The van der Waals surface area contributed by atoms with Crippen molar-refractivity contribution in [3.05, 3.63) is 17.2 Å². The fraction of sp³-hybridized carbons (Fsp3) is 0.600. The van der Waals surface area contributed by atoms with Gasteiger partial charge in [0.1, 0.15) is 0 Å². The summed E-state index contributed by atoms with van der Waals surface area (Å²) in [6, 6.07) is 0. The molecule has 5 heteroatoms. The van der Waals surface area contributed by atoms with E-state index in [2.05, 4.69) is 15.3 Å². The quantitative estimate of drug-likeness (QED) is 0.766. The maximum absolute atomic E-state index is 5.62. The van der Waals surface area contributed by atoms with Gasteiger partial charge in [-0.15, -0.1) is 0 Å². The third-order valence-corrected chi connectivity index (χ3v) is 2.75. The van der Waals surface area contributed by atoms with Crippen molar-refractivity contribution in [3.8, 4) is 5.75 Å². The lowest BCUT2D eigenvalue weighted by Gasteiger charge is -2.22. The molecule has 1 unspecified atom stereocenters. The first kappa shape index (κ1) is 10.6. The molecule has 1 saturated heterocycles. The van der Waals surface area contributed by atoms with Crippen LogP contribution < -0.4 is 10.1 Å². The number of rotatable bonds is 3. The lowest BCUT2D eigenvalue weighted by molar-refractivity contribution is 0.217. The van der Waals surface area contributed by atoms with Crippen LogP contribution in [0.15, 0.2) is 12.4 Å².